The molecule has 0 saturated carbocycles. The van der Waals surface area contributed by atoms with Crippen LogP contribution >= 0.6 is 27.5 Å². The summed E-state index contributed by atoms with van der Waals surface area (Å²) in [5.74, 6) is 0. The lowest BCUT2D eigenvalue weighted by Gasteiger charge is -2.17. The number of halogens is 5. The Balaban J connectivity index is 3.04. The first kappa shape index (κ1) is 15.7. The van der Waals surface area contributed by atoms with Gasteiger partial charge in [-0.05, 0) is 41.1 Å². The molecule has 1 aromatic rings. The minimum atomic E-state index is -4.65. The van der Waals surface area contributed by atoms with E-state index in [2.05, 4.69) is 15.9 Å². The Morgan fingerprint density at radius 2 is 1.94 bits per heavy atom. The molecule has 1 atom stereocenters. The van der Waals surface area contributed by atoms with E-state index in [1.54, 1.807) is 0 Å². The van der Waals surface area contributed by atoms with Gasteiger partial charge >= 0.3 is 6.18 Å². The highest BCUT2D eigenvalue weighted by Gasteiger charge is 2.38. The predicted octanol–water partition coefficient (Wildman–Crippen LogP) is 3.33. The molecule has 0 aliphatic carbocycles. The molecule has 0 aliphatic heterocycles. The molecule has 0 radical (unpaired) electrons. The van der Waals surface area contributed by atoms with E-state index < -0.39 is 22.2 Å². The molecular formula is C9H8BrClF3NO2S. The number of alkyl halides is 3. The monoisotopic (exact) mass is 365 g/mol. The number of sulfonamides is 1. The Hall–Kier alpha value is -0.310. The van der Waals surface area contributed by atoms with Crippen molar-refractivity contribution in [2.75, 3.05) is 0 Å². The SMILES string of the molecule is C[C@H](NS(=O)(=O)c1ccc(Br)c(Cl)c1)C(F)(F)F. The Morgan fingerprint density at radius 1 is 1.39 bits per heavy atom. The van der Waals surface area contributed by atoms with Crippen molar-refractivity contribution >= 4 is 37.6 Å². The lowest BCUT2D eigenvalue weighted by molar-refractivity contribution is -0.147. The molecule has 102 valence electrons. The fourth-order valence-electron chi connectivity index (χ4n) is 1.01. The largest absolute Gasteiger partial charge is 0.404 e. The third-order valence-electron chi connectivity index (χ3n) is 2.02. The highest BCUT2D eigenvalue weighted by molar-refractivity contribution is 9.10. The number of benzene rings is 1. The summed E-state index contributed by atoms with van der Waals surface area (Å²) in [7, 11) is -4.26. The number of hydrogen-bond acceptors (Lipinski definition) is 2. The maximum absolute atomic E-state index is 12.3. The van der Waals surface area contributed by atoms with Crippen molar-refractivity contribution in [3.63, 3.8) is 0 Å². The molecule has 0 spiro atoms. The first-order valence-corrected chi connectivity index (χ1v) is 7.23. The summed E-state index contributed by atoms with van der Waals surface area (Å²) >= 11 is 8.74. The minimum Gasteiger partial charge on any atom is -0.207 e. The predicted molar refractivity (Wildman–Crippen MR) is 65.0 cm³/mol. The quantitative estimate of drug-likeness (QED) is 0.892. The van der Waals surface area contributed by atoms with Gasteiger partial charge in [-0.3, -0.25) is 0 Å². The first-order valence-electron chi connectivity index (χ1n) is 4.58. The summed E-state index contributed by atoms with van der Waals surface area (Å²) in [6.45, 7) is 0.720. The number of rotatable bonds is 3. The van der Waals surface area contributed by atoms with Crippen LogP contribution in [0.15, 0.2) is 27.6 Å². The van der Waals surface area contributed by atoms with Crippen molar-refractivity contribution in [3.8, 4) is 0 Å². The van der Waals surface area contributed by atoms with Gasteiger partial charge < -0.3 is 0 Å². The zero-order valence-electron chi connectivity index (χ0n) is 8.92. The van der Waals surface area contributed by atoms with Gasteiger partial charge in [-0.25, -0.2) is 8.42 Å². The van der Waals surface area contributed by atoms with E-state index in [-0.39, 0.29) is 9.92 Å². The van der Waals surface area contributed by atoms with E-state index in [1.165, 1.54) is 10.8 Å². The molecule has 1 rings (SSSR count). The van der Waals surface area contributed by atoms with Crippen LogP contribution in [0.25, 0.3) is 0 Å². The summed E-state index contributed by atoms with van der Waals surface area (Å²) in [5, 5.41) is 0.0949. The zero-order valence-corrected chi connectivity index (χ0v) is 12.1. The van der Waals surface area contributed by atoms with Crippen molar-refractivity contribution in [1.82, 2.24) is 4.72 Å². The van der Waals surface area contributed by atoms with E-state index in [0.29, 0.717) is 4.47 Å². The van der Waals surface area contributed by atoms with Gasteiger partial charge in [0.15, 0.2) is 0 Å². The molecule has 1 aromatic carbocycles. The molecule has 0 aliphatic rings. The van der Waals surface area contributed by atoms with Crippen LogP contribution in [-0.4, -0.2) is 20.6 Å². The third-order valence-corrected chi connectivity index (χ3v) is 4.80. The van der Waals surface area contributed by atoms with E-state index in [9.17, 15) is 21.6 Å². The summed E-state index contributed by atoms with van der Waals surface area (Å²) in [4.78, 5) is -0.327. The summed E-state index contributed by atoms with van der Waals surface area (Å²) in [5.41, 5.74) is 0. The second-order valence-corrected chi connectivity index (χ2v) is 6.44. The van der Waals surface area contributed by atoms with E-state index in [0.717, 1.165) is 19.1 Å². The maximum atomic E-state index is 12.3. The first-order chi connectivity index (χ1) is 8.04. The average Bonchev–Trinajstić information content (AvgIpc) is 2.19. The molecule has 0 heterocycles. The standard InChI is InChI=1S/C9H8BrClF3NO2S/c1-5(9(12,13)14)15-18(16,17)6-2-3-7(10)8(11)4-6/h2-5,15H,1H3/t5-/m0/s1. The van der Waals surface area contributed by atoms with Crippen molar-refractivity contribution in [3.05, 3.63) is 27.7 Å². The van der Waals surface area contributed by atoms with Crippen molar-refractivity contribution in [2.24, 2.45) is 0 Å². The van der Waals surface area contributed by atoms with Crippen LogP contribution < -0.4 is 4.72 Å². The number of nitrogens with one attached hydrogen (secondary N) is 1. The van der Waals surface area contributed by atoms with Crippen LogP contribution in [0.4, 0.5) is 13.2 Å². The van der Waals surface area contributed by atoms with Gasteiger partial charge in [-0.1, -0.05) is 11.6 Å². The molecule has 9 heteroatoms. The van der Waals surface area contributed by atoms with Gasteiger partial charge in [0.25, 0.3) is 0 Å². The lowest BCUT2D eigenvalue weighted by Crippen LogP contribution is -2.42. The minimum absolute atomic E-state index is 0.0949. The average molecular weight is 367 g/mol. The molecule has 0 unspecified atom stereocenters. The molecule has 0 aromatic heterocycles. The molecule has 1 N–H and O–H groups in total. The van der Waals surface area contributed by atoms with Gasteiger partial charge in [0.1, 0.15) is 6.04 Å². The normalized spacial score (nSPS) is 14.6. The van der Waals surface area contributed by atoms with Gasteiger partial charge in [-0.2, -0.15) is 17.9 Å². The summed E-state index contributed by atoms with van der Waals surface area (Å²) in [6.07, 6.45) is -4.65. The van der Waals surface area contributed by atoms with Crippen LogP contribution in [0, 0.1) is 0 Å². The molecule has 0 saturated heterocycles. The molecule has 0 bridgehead atoms. The Labute approximate surface area is 116 Å². The van der Waals surface area contributed by atoms with E-state index in [1.807, 2.05) is 0 Å². The topological polar surface area (TPSA) is 46.2 Å². The summed E-state index contributed by atoms with van der Waals surface area (Å²) < 4.78 is 62.2. The molecular weight excluding hydrogens is 359 g/mol. The smallest absolute Gasteiger partial charge is 0.207 e. The highest BCUT2D eigenvalue weighted by atomic mass is 79.9. The van der Waals surface area contributed by atoms with E-state index >= 15 is 0 Å². The van der Waals surface area contributed by atoms with Crippen molar-refractivity contribution in [2.45, 2.75) is 24.0 Å². The van der Waals surface area contributed by atoms with Crippen molar-refractivity contribution in [1.29, 1.82) is 0 Å². The third kappa shape index (κ3) is 3.84. The van der Waals surface area contributed by atoms with Gasteiger partial charge in [-0.15, -0.1) is 0 Å². The summed E-state index contributed by atoms with van der Waals surface area (Å²) in [6, 6.07) is 1.39. The van der Waals surface area contributed by atoms with Crippen LogP contribution in [0.2, 0.25) is 5.02 Å². The fraction of sp³-hybridized carbons (Fsp3) is 0.333. The van der Waals surface area contributed by atoms with Crippen molar-refractivity contribution < 1.29 is 21.6 Å². The molecule has 18 heavy (non-hydrogen) atoms. The Bertz CT molecular complexity index is 547. The highest BCUT2D eigenvalue weighted by Crippen LogP contribution is 2.26. The maximum Gasteiger partial charge on any atom is 0.404 e. The van der Waals surface area contributed by atoms with Gasteiger partial charge in [0.05, 0.1) is 9.92 Å². The second kappa shape index (κ2) is 5.36. The lowest BCUT2D eigenvalue weighted by atomic mass is 10.4. The van der Waals surface area contributed by atoms with Gasteiger partial charge in [0, 0.05) is 4.47 Å². The molecule has 3 nitrogen and oxygen atoms in total. The molecule has 0 amide bonds. The Kier molecular flexibility index (Phi) is 4.69. The van der Waals surface area contributed by atoms with Crippen LogP contribution in [0.3, 0.4) is 0 Å². The zero-order chi connectivity index (χ0) is 14.1. The fourth-order valence-corrected chi connectivity index (χ4v) is 2.76. The van der Waals surface area contributed by atoms with Crippen LogP contribution in [0.1, 0.15) is 6.92 Å². The molecule has 0 fully saturated rings. The Morgan fingerprint density at radius 3 is 2.39 bits per heavy atom. The van der Waals surface area contributed by atoms with Crippen LogP contribution in [-0.2, 0) is 10.0 Å². The van der Waals surface area contributed by atoms with Crippen LogP contribution in [0.5, 0.6) is 0 Å². The second-order valence-electron chi connectivity index (χ2n) is 3.46. The number of hydrogen-bond donors (Lipinski definition) is 1. The van der Waals surface area contributed by atoms with Gasteiger partial charge in [0.2, 0.25) is 10.0 Å². The van der Waals surface area contributed by atoms with E-state index in [4.69, 9.17) is 11.6 Å².